The molecule has 0 aliphatic carbocycles. The second kappa shape index (κ2) is 7.96. The highest BCUT2D eigenvalue weighted by Gasteiger charge is 2.13. The molecule has 6 heteroatoms. The Hall–Kier alpha value is -2.63. The van der Waals surface area contributed by atoms with Crippen molar-refractivity contribution in [1.29, 1.82) is 0 Å². The molecule has 3 rings (SSSR count). The van der Waals surface area contributed by atoms with Gasteiger partial charge in [0.15, 0.2) is 0 Å². The van der Waals surface area contributed by atoms with Crippen molar-refractivity contribution in [1.82, 2.24) is 15.6 Å². The molecule has 2 aromatic rings. The second-order valence-corrected chi connectivity index (χ2v) is 6.34. The summed E-state index contributed by atoms with van der Waals surface area (Å²) < 4.78 is 13.5. The second-order valence-electron chi connectivity index (χ2n) is 6.34. The molecule has 2 amide bonds. The van der Waals surface area contributed by atoms with Crippen LogP contribution in [0.15, 0.2) is 36.5 Å². The van der Waals surface area contributed by atoms with Crippen LogP contribution in [0.4, 0.5) is 15.0 Å². The van der Waals surface area contributed by atoms with Gasteiger partial charge in [-0.1, -0.05) is 12.1 Å². The molecule has 0 radical (unpaired) electrons. The van der Waals surface area contributed by atoms with Gasteiger partial charge in [-0.2, -0.15) is 0 Å². The Bertz CT molecular complexity index is 744. The molecule has 1 aromatic carbocycles. The molecule has 132 valence electrons. The van der Waals surface area contributed by atoms with E-state index in [2.05, 4.69) is 20.5 Å². The molecule has 1 aromatic heterocycles. The number of pyridine rings is 1. The van der Waals surface area contributed by atoms with Crippen LogP contribution in [0.25, 0.3) is 0 Å². The molecular weight excluding hydrogens is 319 g/mol. The average molecular weight is 342 g/mol. The zero-order valence-corrected chi connectivity index (χ0v) is 14.4. The van der Waals surface area contributed by atoms with Crippen LogP contribution >= 0.6 is 0 Å². The van der Waals surface area contributed by atoms with Gasteiger partial charge in [-0.05, 0) is 54.7 Å². The standard InChI is InChI=1S/C19H23FN4O/c1-14-4-5-15(10-17(14)20)12-22-19(25)23-13-16-6-7-21-18(11-16)24-8-2-3-9-24/h4-7,10-11H,2-3,8-9,12-13H2,1H3,(H2,22,23,25). The Balaban J connectivity index is 1.48. The van der Waals surface area contributed by atoms with E-state index in [0.717, 1.165) is 30.0 Å². The van der Waals surface area contributed by atoms with Gasteiger partial charge in [0.05, 0.1) is 0 Å². The minimum absolute atomic E-state index is 0.258. The number of urea groups is 1. The number of rotatable bonds is 5. The van der Waals surface area contributed by atoms with Gasteiger partial charge in [0, 0.05) is 32.4 Å². The topological polar surface area (TPSA) is 57.3 Å². The lowest BCUT2D eigenvalue weighted by atomic mass is 10.1. The molecule has 0 atom stereocenters. The molecule has 1 aliphatic heterocycles. The third kappa shape index (κ3) is 4.68. The van der Waals surface area contributed by atoms with Crippen LogP contribution in [0.3, 0.4) is 0 Å². The minimum Gasteiger partial charge on any atom is -0.357 e. The summed E-state index contributed by atoms with van der Waals surface area (Å²) in [6.45, 7) is 4.51. The first-order valence-corrected chi connectivity index (χ1v) is 8.58. The first kappa shape index (κ1) is 17.2. The van der Waals surface area contributed by atoms with Crippen LogP contribution in [0.5, 0.6) is 0 Å². The number of amides is 2. The summed E-state index contributed by atoms with van der Waals surface area (Å²) in [5.41, 5.74) is 2.34. The van der Waals surface area contributed by atoms with E-state index in [1.54, 1.807) is 19.2 Å². The fourth-order valence-corrected chi connectivity index (χ4v) is 2.86. The van der Waals surface area contributed by atoms with E-state index in [1.807, 2.05) is 18.2 Å². The number of carbonyl (C=O) groups is 1. The van der Waals surface area contributed by atoms with E-state index >= 15 is 0 Å². The summed E-state index contributed by atoms with van der Waals surface area (Å²) in [5.74, 6) is 0.707. The molecule has 25 heavy (non-hydrogen) atoms. The van der Waals surface area contributed by atoms with Gasteiger partial charge in [0.25, 0.3) is 0 Å². The van der Waals surface area contributed by atoms with Crippen molar-refractivity contribution >= 4 is 11.8 Å². The number of halogens is 1. The summed E-state index contributed by atoms with van der Waals surface area (Å²) in [6, 6.07) is 8.60. The highest BCUT2D eigenvalue weighted by atomic mass is 19.1. The highest BCUT2D eigenvalue weighted by molar-refractivity contribution is 5.73. The number of aromatic nitrogens is 1. The maximum absolute atomic E-state index is 13.5. The molecular formula is C19H23FN4O. The van der Waals surface area contributed by atoms with Gasteiger partial charge in [-0.25, -0.2) is 14.2 Å². The number of hydrogen-bond acceptors (Lipinski definition) is 3. The lowest BCUT2D eigenvalue weighted by Gasteiger charge is -2.17. The first-order valence-electron chi connectivity index (χ1n) is 8.58. The number of benzene rings is 1. The molecule has 0 saturated carbocycles. The quantitative estimate of drug-likeness (QED) is 0.878. The van der Waals surface area contributed by atoms with Crippen molar-refractivity contribution in [2.45, 2.75) is 32.9 Å². The lowest BCUT2D eigenvalue weighted by molar-refractivity contribution is 0.240. The molecule has 1 fully saturated rings. The Morgan fingerprint density at radius 2 is 1.80 bits per heavy atom. The smallest absolute Gasteiger partial charge is 0.315 e. The van der Waals surface area contributed by atoms with Crippen LogP contribution < -0.4 is 15.5 Å². The Morgan fingerprint density at radius 3 is 2.48 bits per heavy atom. The SMILES string of the molecule is Cc1ccc(CNC(=O)NCc2ccnc(N3CCCC3)c2)cc1F. The normalized spacial score (nSPS) is 13.8. The predicted octanol–water partition coefficient (Wildman–Crippen LogP) is 3.13. The number of hydrogen-bond donors (Lipinski definition) is 2. The van der Waals surface area contributed by atoms with E-state index in [9.17, 15) is 9.18 Å². The third-order valence-electron chi connectivity index (χ3n) is 4.38. The highest BCUT2D eigenvalue weighted by Crippen LogP contribution is 2.18. The van der Waals surface area contributed by atoms with Crippen molar-refractivity contribution in [2.75, 3.05) is 18.0 Å². The van der Waals surface area contributed by atoms with Crippen molar-refractivity contribution in [3.8, 4) is 0 Å². The fourth-order valence-electron chi connectivity index (χ4n) is 2.86. The van der Waals surface area contributed by atoms with Crippen molar-refractivity contribution in [3.63, 3.8) is 0 Å². The lowest BCUT2D eigenvalue weighted by Crippen LogP contribution is -2.34. The summed E-state index contributed by atoms with van der Waals surface area (Å²) >= 11 is 0. The van der Waals surface area contributed by atoms with Crippen LogP contribution in [-0.4, -0.2) is 24.1 Å². The molecule has 0 bridgehead atoms. The maximum atomic E-state index is 13.5. The number of anilines is 1. The van der Waals surface area contributed by atoms with Gasteiger partial charge in [-0.3, -0.25) is 0 Å². The molecule has 2 heterocycles. The largest absolute Gasteiger partial charge is 0.357 e. The molecule has 2 N–H and O–H groups in total. The Labute approximate surface area is 147 Å². The van der Waals surface area contributed by atoms with Gasteiger partial charge >= 0.3 is 6.03 Å². The zero-order chi connectivity index (χ0) is 17.6. The van der Waals surface area contributed by atoms with E-state index in [1.165, 1.54) is 18.9 Å². The van der Waals surface area contributed by atoms with Gasteiger partial charge < -0.3 is 15.5 Å². The van der Waals surface area contributed by atoms with E-state index in [-0.39, 0.29) is 11.8 Å². The molecule has 1 saturated heterocycles. The van der Waals surface area contributed by atoms with Crippen LogP contribution in [-0.2, 0) is 13.1 Å². The van der Waals surface area contributed by atoms with E-state index in [4.69, 9.17) is 0 Å². The molecule has 5 nitrogen and oxygen atoms in total. The average Bonchev–Trinajstić information content (AvgIpc) is 3.16. The van der Waals surface area contributed by atoms with Crippen LogP contribution in [0.1, 0.15) is 29.5 Å². The number of aryl methyl sites for hydroxylation is 1. The van der Waals surface area contributed by atoms with Gasteiger partial charge in [-0.15, -0.1) is 0 Å². The summed E-state index contributed by atoms with van der Waals surface area (Å²) in [7, 11) is 0. The van der Waals surface area contributed by atoms with Crippen LogP contribution in [0, 0.1) is 12.7 Å². The van der Waals surface area contributed by atoms with E-state index < -0.39 is 0 Å². The maximum Gasteiger partial charge on any atom is 0.315 e. The summed E-state index contributed by atoms with van der Waals surface area (Å²) in [4.78, 5) is 18.6. The van der Waals surface area contributed by atoms with Crippen LogP contribution in [0.2, 0.25) is 0 Å². The Morgan fingerprint density at radius 1 is 1.12 bits per heavy atom. The summed E-state index contributed by atoms with van der Waals surface area (Å²) in [5, 5.41) is 5.57. The van der Waals surface area contributed by atoms with Crippen molar-refractivity contribution < 1.29 is 9.18 Å². The Kier molecular flexibility index (Phi) is 5.48. The van der Waals surface area contributed by atoms with E-state index in [0.29, 0.717) is 18.7 Å². The minimum atomic E-state index is -0.277. The van der Waals surface area contributed by atoms with Crippen molar-refractivity contribution in [3.05, 3.63) is 59.0 Å². The number of carbonyl (C=O) groups excluding carboxylic acids is 1. The monoisotopic (exact) mass is 342 g/mol. The molecule has 1 aliphatic rings. The summed E-state index contributed by atoms with van der Waals surface area (Å²) in [6.07, 6.45) is 4.18. The molecule has 0 spiro atoms. The third-order valence-corrected chi connectivity index (χ3v) is 4.38. The molecule has 0 unspecified atom stereocenters. The van der Waals surface area contributed by atoms with Gasteiger partial charge in [0.1, 0.15) is 11.6 Å². The van der Waals surface area contributed by atoms with Gasteiger partial charge in [0.2, 0.25) is 0 Å². The number of nitrogens with one attached hydrogen (secondary N) is 2. The van der Waals surface area contributed by atoms with Crippen molar-refractivity contribution in [2.24, 2.45) is 0 Å². The fraction of sp³-hybridized carbons (Fsp3) is 0.368. The predicted molar refractivity (Wildman–Crippen MR) is 95.9 cm³/mol. The zero-order valence-electron chi connectivity index (χ0n) is 14.4. The number of nitrogens with zero attached hydrogens (tertiary/aromatic N) is 2. The first-order chi connectivity index (χ1) is 12.1.